The second-order valence-electron chi connectivity index (χ2n) is 9.14. The van der Waals surface area contributed by atoms with Gasteiger partial charge in [0.1, 0.15) is 28.8 Å². The molecule has 0 spiro atoms. The van der Waals surface area contributed by atoms with E-state index >= 15 is 0 Å². The van der Waals surface area contributed by atoms with Crippen molar-refractivity contribution in [2.75, 3.05) is 14.2 Å². The van der Waals surface area contributed by atoms with E-state index in [9.17, 15) is 5.11 Å². The second kappa shape index (κ2) is 11.4. The van der Waals surface area contributed by atoms with Gasteiger partial charge < -0.3 is 23.4 Å². The van der Waals surface area contributed by atoms with Gasteiger partial charge in [-0.05, 0) is 65.2 Å². The molecule has 0 unspecified atom stereocenters. The first-order chi connectivity index (χ1) is 18.6. The van der Waals surface area contributed by atoms with E-state index in [1.165, 1.54) is 5.56 Å². The van der Waals surface area contributed by atoms with Crippen LogP contribution < -0.4 is 9.47 Å². The molecule has 2 aromatic heterocycles. The van der Waals surface area contributed by atoms with Gasteiger partial charge >= 0.3 is 0 Å². The first kappa shape index (κ1) is 25.4. The number of hydrogen-bond acceptors (Lipinski definition) is 6. The van der Waals surface area contributed by atoms with Crippen molar-refractivity contribution in [1.29, 1.82) is 0 Å². The lowest BCUT2D eigenvalue weighted by atomic mass is 9.84. The number of benzene rings is 3. The highest BCUT2D eigenvalue weighted by atomic mass is 16.5. The zero-order valence-electron chi connectivity index (χ0n) is 21.5. The number of rotatable bonds is 11. The van der Waals surface area contributed by atoms with Crippen molar-refractivity contribution in [2.45, 2.75) is 25.2 Å². The summed E-state index contributed by atoms with van der Waals surface area (Å²) in [5.41, 5.74) is 1.02. The molecule has 0 bridgehead atoms. The SMILES string of the molecule is COc1ccc(C(O)(c2ccc(OC)cc2)c2ccc(CN(Cc3ccccc3)Cc3ccco3)o2)cc1. The van der Waals surface area contributed by atoms with Crippen molar-refractivity contribution in [3.05, 3.63) is 143 Å². The standard InChI is InChI=1S/C32H31NO5/c1-35-27-14-10-25(11-15-27)32(34,26-12-16-28(36-2)17-13-26)31-19-18-30(38-31)23-33(22-29-9-6-20-37-29)21-24-7-4-3-5-8-24/h3-20,34H,21-23H2,1-2H3. The average molecular weight is 510 g/mol. The molecule has 0 saturated heterocycles. The lowest BCUT2D eigenvalue weighted by molar-refractivity contribution is 0.0946. The number of furan rings is 2. The molecule has 0 aliphatic rings. The summed E-state index contributed by atoms with van der Waals surface area (Å²) in [7, 11) is 3.24. The van der Waals surface area contributed by atoms with E-state index in [1.807, 2.05) is 91.0 Å². The van der Waals surface area contributed by atoms with E-state index in [0.29, 0.717) is 41.5 Å². The molecule has 6 heteroatoms. The second-order valence-corrected chi connectivity index (χ2v) is 9.14. The molecule has 5 rings (SSSR count). The van der Waals surface area contributed by atoms with E-state index in [-0.39, 0.29) is 0 Å². The van der Waals surface area contributed by atoms with E-state index in [1.54, 1.807) is 20.5 Å². The fourth-order valence-electron chi connectivity index (χ4n) is 4.63. The number of methoxy groups -OCH3 is 2. The van der Waals surface area contributed by atoms with Crippen LogP contribution in [0.1, 0.15) is 34.0 Å². The van der Waals surface area contributed by atoms with Crippen LogP contribution >= 0.6 is 0 Å². The normalized spacial score (nSPS) is 11.6. The van der Waals surface area contributed by atoms with Crippen LogP contribution in [0.2, 0.25) is 0 Å². The van der Waals surface area contributed by atoms with Crippen LogP contribution in [0.5, 0.6) is 11.5 Å². The Bertz CT molecular complexity index is 1360. The van der Waals surface area contributed by atoms with Crippen LogP contribution in [0.15, 0.2) is 118 Å². The van der Waals surface area contributed by atoms with Crippen molar-refractivity contribution in [2.24, 2.45) is 0 Å². The van der Waals surface area contributed by atoms with Gasteiger partial charge in [0.15, 0.2) is 5.60 Å². The van der Waals surface area contributed by atoms with E-state index < -0.39 is 5.60 Å². The summed E-state index contributed by atoms with van der Waals surface area (Å²) >= 11 is 0. The van der Waals surface area contributed by atoms with Gasteiger partial charge in [-0.25, -0.2) is 0 Å². The maximum atomic E-state index is 12.2. The molecular formula is C32H31NO5. The molecular weight excluding hydrogens is 478 g/mol. The third-order valence-electron chi connectivity index (χ3n) is 6.62. The summed E-state index contributed by atoms with van der Waals surface area (Å²) in [5.74, 6) is 3.46. The molecule has 0 atom stereocenters. The molecule has 3 aromatic carbocycles. The van der Waals surface area contributed by atoms with Crippen LogP contribution in [0, 0.1) is 0 Å². The van der Waals surface area contributed by atoms with Gasteiger partial charge in [0.25, 0.3) is 0 Å². The highest BCUT2D eigenvalue weighted by Gasteiger charge is 2.37. The molecule has 2 heterocycles. The topological polar surface area (TPSA) is 68.2 Å². The quantitative estimate of drug-likeness (QED) is 0.223. The molecule has 0 fully saturated rings. The Hall–Kier alpha value is -4.26. The molecule has 0 amide bonds. The van der Waals surface area contributed by atoms with Crippen LogP contribution in [0.25, 0.3) is 0 Å². The molecule has 1 N–H and O–H groups in total. The molecule has 38 heavy (non-hydrogen) atoms. The predicted molar refractivity (Wildman–Crippen MR) is 145 cm³/mol. The summed E-state index contributed by atoms with van der Waals surface area (Å²) in [6.45, 7) is 1.88. The summed E-state index contributed by atoms with van der Waals surface area (Å²) in [4.78, 5) is 2.25. The van der Waals surface area contributed by atoms with Crippen molar-refractivity contribution in [3.8, 4) is 11.5 Å². The zero-order chi connectivity index (χ0) is 26.4. The van der Waals surface area contributed by atoms with E-state index in [0.717, 1.165) is 18.1 Å². The molecule has 0 aliphatic carbocycles. The average Bonchev–Trinajstić information content (AvgIpc) is 3.66. The van der Waals surface area contributed by atoms with E-state index in [4.69, 9.17) is 18.3 Å². The molecule has 0 saturated carbocycles. The Kier molecular flexibility index (Phi) is 7.63. The van der Waals surface area contributed by atoms with Gasteiger partial charge in [-0.3, -0.25) is 4.90 Å². The number of nitrogens with zero attached hydrogens (tertiary/aromatic N) is 1. The van der Waals surface area contributed by atoms with Crippen molar-refractivity contribution >= 4 is 0 Å². The highest BCUT2D eigenvalue weighted by Crippen LogP contribution is 2.39. The monoisotopic (exact) mass is 509 g/mol. The zero-order valence-corrected chi connectivity index (χ0v) is 21.5. The van der Waals surface area contributed by atoms with Crippen LogP contribution in [0.3, 0.4) is 0 Å². The van der Waals surface area contributed by atoms with Crippen molar-refractivity contribution in [1.82, 2.24) is 4.90 Å². The van der Waals surface area contributed by atoms with Crippen LogP contribution in [-0.2, 0) is 25.2 Å². The fraction of sp³-hybridized carbons (Fsp3) is 0.188. The van der Waals surface area contributed by atoms with Gasteiger partial charge in [-0.1, -0.05) is 54.6 Å². The largest absolute Gasteiger partial charge is 0.497 e. The highest BCUT2D eigenvalue weighted by molar-refractivity contribution is 5.46. The lowest BCUT2D eigenvalue weighted by Crippen LogP contribution is -2.28. The van der Waals surface area contributed by atoms with Crippen LogP contribution in [0.4, 0.5) is 0 Å². The third kappa shape index (κ3) is 5.52. The summed E-state index contributed by atoms with van der Waals surface area (Å²) < 4.78 is 22.6. The minimum absolute atomic E-state index is 0.431. The number of aliphatic hydroxyl groups is 1. The fourth-order valence-corrected chi connectivity index (χ4v) is 4.63. The molecule has 0 aliphatic heterocycles. The van der Waals surface area contributed by atoms with Crippen molar-refractivity contribution < 1.29 is 23.4 Å². The van der Waals surface area contributed by atoms with Gasteiger partial charge in [-0.2, -0.15) is 0 Å². The molecule has 194 valence electrons. The smallest absolute Gasteiger partial charge is 0.173 e. The Morgan fingerprint density at radius 1 is 0.658 bits per heavy atom. The van der Waals surface area contributed by atoms with Gasteiger partial charge in [0.05, 0.1) is 33.6 Å². The molecule has 6 nitrogen and oxygen atoms in total. The van der Waals surface area contributed by atoms with Gasteiger partial charge in [0, 0.05) is 6.54 Å². The Morgan fingerprint density at radius 3 is 1.82 bits per heavy atom. The summed E-state index contributed by atoms with van der Waals surface area (Å²) in [5, 5.41) is 12.2. The summed E-state index contributed by atoms with van der Waals surface area (Å²) in [6, 6.07) is 32.7. The number of hydrogen-bond donors (Lipinski definition) is 1. The minimum atomic E-state index is -1.51. The number of ether oxygens (including phenoxy) is 2. The Balaban J connectivity index is 1.47. The summed E-state index contributed by atoms with van der Waals surface area (Å²) in [6.07, 6.45) is 1.69. The third-order valence-corrected chi connectivity index (χ3v) is 6.62. The van der Waals surface area contributed by atoms with Gasteiger partial charge in [-0.15, -0.1) is 0 Å². The molecule has 0 radical (unpaired) electrons. The first-order valence-electron chi connectivity index (χ1n) is 12.5. The predicted octanol–water partition coefficient (Wildman–Crippen LogP) is 6.38. The Labute approximate surface area is 222 Å². The van der Waals surface area contributed by atoms with E-state index in [2.05, 4.69) is 17.0 Å². The van der Waals surface area contributed by atoms with Crippen LogP contribution in [-0.4, -0.2) is 24.2 Å². The Morgan fingerprint density at radius 2 is 1.26 bits per heavy atom. The molecule has 5 aromatic rings. The van der Waals surface area contributed by atoms with Crippen molar-refractivity contribution in [3.63, 3.8) is 0 Å². The lowest BCUT2D eigenvalue weighted by Gasteiger charge is -2.28. The maximum absolute atomic E-state index is 12.2. The first-order valence-corrected chi connectivity index (χ1v) is 12.5. The minimum Gasteiger partial charge on any atom is -0.497 e. The van der Waals surface area contributed by atoms with Gasteiger partial charge in [0.2, 0.25) is 0 Å². The maximum Gasteiger partial charge on any atom is 0.173 e.